The first-order valence-electron chi connectivity index (χ1n) is 16.0. The summed E-state index contributed by atoms with van der Waals surface area (Å²) in [6, 6.07) is 37.3. The van der Waals surface area contributed by atoms with Crippen molar-refractivity contribution >= 4 is 0 Å². The minimum atomic E-state index is -0.373. The lowest BCUT2D eigenvalue weighted by Gasteiger charge is -2.43. The Kier molecular flexibility index (Phi) is 7.45. The van der Waals surface area contributed by atoms with Crippen LogP contribution in [0.5, 0.6) is 0 Å². The summed E-state index contributed by atoms with van der Waals surface area (Å²) < 4.78 is 0. The third-order valence-electron chi connectivity index (χ3n) is 9.73. The van der Waals surface area contributed by atoms with Crippen molar-refractivity contribution in [2.75, 3.05) is 0 Å². The highest BCUT2D eigenvalue weighted by molar-refractivity contribution is 5.82. The lowest BCUT2D eigenvalue weighted by atomic mass is 9.58. The molecule has 0 aliphatic heterocycles. The van der Waals surface area contributed by atoms with Gasteiger partial charge in [0.05, 0.1) is 5.41 Å². The molecule has 0 bridgehead atoms. The Labute approximate surface area is 259 Å². The topological polar surface area (TPSA) is 0 Å². The molecule has 0 N–H and O–H groups in total. The molecule has 2 aliphatic rings. The molecule has 0 saturated heterocycles. The van der Waals surface area contributed by atoms with Crippen molar-refractivity contribution in [2.24, 2.45) is 0 Å². The largest absolute Gasteiger partial charge is 0.103 e. The summed E-state index contributed by atoms with van der Waals surface area (Å²) in [6.45, 7) is 18.0. The van der Waals surface area contributed by atoms with Crippen molar-refractivity contribution in [1.82, 2.24) is 0 Å². The van der Waals surface area contributed by atoms with Gasteiger partial charge in [0, 0.05) is 5.92 Å². The highest BCUT2D eigenvalue weighted by Gasteiger charge is 2.50. The van der Waals surface area contributed by atoms with Gasteiger partial charge in [-0.25, -0.2) is 0 Å². The van der Waals surface area contributed by atoms with Crippen LogP contribution in [0.4, 0.5) is 0 Å². The zero-order chi connectivity index (χ0) is 30.4. The van der Waals surface area contributed by atoms with Crippen LogP contribution < -0.4 is 0 Å². The van der Waals surface area contributed by atoms with Gasteiger partial charge >= 0.3 is 0 Å². The molecule has 0 atom stereocenters. The van der Waals surface area contributed by atoms with Crippen molar-refractivity contribution in [3.63, 3.8) is 0 Å². The minimum absolute atomic E-state index is 0.0547. The second-order valence-corrected chi connectivity index (χ2v) is 14.6. The summed E-state index contributed by atoms with van der Waals surface area (Å²) in [5.41, 5.74) is 13.8. The SMILES string of the molecule is C=CCCC1=CCC(C(c2ccccc2)(c2ccccc2)C2c3cc(C(C)(C)C)ccc3-c3ccc(C(C)(C)C)cc32)=C1. The van der Waals surface area contributed by atoms with Crippen LogP contribution in [0.25, 0.3) is 11.1 Å². The predicted molar refractivity (Wildman–Crippen MR) is 185 cm³/mol. The zero-order valence-corrected chi connectivity index (χ0v) is 26.9. The van der Waals surface area contributed by atoms with Crippen molar-refractivity contribution in [1.29, 1.82) is 0 Å². The molecule has 0 spiro atoms. The van der Waals surface area contributed by atoms with E-state index in [1.54, 1.807) is 0 Å². The van der Waals surface area contributed by atoms with Crippen molar-refractivity contribution in [2.45, 2.75) is 83.0 Å². The second kappa shape index (κ2) is 11.0. The summed E-state index contributed by atoms with van der Waals surface area (Å²) in [4.78, 5) is 0. The lowest BCUT2D eigenvalue weighted by Crippen LogP contribution is -2.37. The summed E-state index contributed by atoms with van der Waals surface area (Å²) >= 11 is 0. The monoisotopic (exact) mass is 562 g/mol. The van der Waals surface area contributed by atoms with Crippen LogP contribution in [0.1, 0.15) is 100 Å². The molecule has 0 saturated carbocycles. The maximum atomic E-state index is 4.01. The van der Waals surface area contributed by atoms with E-state index in [9.17, 15) is 0 Å². The molecule has 2 aliphatic carbocycles. The first-order valence-corrected chi connectivity index (χ1v) is 16.0. The Morgan fingerprint density at radius 2 is 1.14 bits per heavy atom. The fourth-order valence-electron chi connectivity index (χ4n) is 7.42. The lowest BCUT2D eigenvalue weighted by molar-refractivity contribution is 0.521. The van der Waals surface area contributed by atoms with E-state index in [1.807, 2.05) is 6.08 Å². The Morgan fingerprint density at radius 3 is 1.58 bits per heavy atom. The van der Waals surface area contributed by atoms with E-state index in [0.29, 0.717) is 0 Å². The van der Waals surface area contributed by atoms with Gasteiger partial charge in [-0.2, -0.15) is 0 Å². The molecule has 43 heavy (non-hydrogen) atoms. The van der Waals surface area contributed by atoms with E-state index < -0.39 is 0 Å². The van der Waals surface area contributed by atoms with E-state index >= 15 is 0 Å². The maximum Gasteiger partial charge on any atom is 0.0526 e. The van der Waals surface area contributed by atoms with Gasteiger partial charge in [0.25, 0.3) is 0 Å². The first-order chi connectivity index (χ1) is 20.5. The van der Waals surface area contributed by atoms with Crippen LogP contribution in [-0.2, 0) is 16.2 Å². The van der Waals surface area contributed by atoms with E-state index in [0.717, 1.165) is 19.3 Å². The normalized spacial score (nSPS) is 15.1. The second-order valence-electron chi connectivity index (χ2n) is 14.6. The third kappa shape index (κ3) is 5.06. The number of allylic oxidation sites excluding steroid dienone is 5. The molecule has 0 unspecified atom stereocenters. The average molecular weight is 563 g/mol. The molecule has 0 nitrogen and oxygen atoms in total. The molecule has 0 radical (unpaired) electrons. The summed E-state index contributed by atoms with van der Waals surface area (Å²) in [7, 11) is 0. The van der Waals surface area contributed by atoms with Gasteiger partial charge in [-0.3, -0.25) is 0 Å². The van der Waals surface area contributed by atoms with Gasteiger partial charge in [0.2, 0.25) is 0 Å². The third-order valence-corrected chi connectivity index (χ3v) is 9.73. The van der Waals surface area contributed by atoms with Crippen LogP contribution in [0.3, 0.4) is 0 Å². The highest BCUT2D eigenvalue weighted by atomic mass is 14.5. The van der Waals surface area contributed by atoms with Crippen LogP contribution >= 0.6 is 0 Å². The van der Waals surface area contributed by atoms with Crippen LogP contribution in [0, 0.1) is 0 Å². The molecular formula is C43H46. The van der Waals surface area contributed by atoms with Crippen molar-refractivity contribution < 1.29 is 0 Å². The minimum Gasteiger partial charge on any atom is -0.103 e. The molecule has 0 amide bonds. The Bertz CT molecular complexity index is 1590. The Balaban J connectivity index is 1.74. The molecule has 0 heteroatoms. The molecule has 218 valence electrons. The molecule has 4 aromatic rings. The van der Waals surface area contributed by atoms with E-state index in [-0.39, 0.29) is 22.2 Å². The highest BCUT2D eigenvalue weighted by Crippen LogP contribution is 2.61. The number of fused-ring (bicyclic) bond motifs is 3. The van der Waals surface area contributed by atoms with Crippen LogP contribution in [-0.4, -0.2) is 0 Å². The van der Waals surface area contributed by atoms with Gasteiger partial charge < -0.3 is 0 Å². The van der Waals surface area contributed by atoms with Gasteiger partial charge in [-0.1, -0.05) is 168 Å². The molecular weight excluding hydrogens is 516 g/mol. The van der Waals surface area contributed by atoms with Gasteiger partial charge in [-0.15, -0.1) is 6.58 Å². The quantitative estimate of drug-likeness (QED) is 0.197. The number of hydrogen-bond donors (Lipinski definition) is 0. The first kappa shape index (κ1) is 29.2. The molecule has 6 rings (SSSR count). The number of rotatable bonds is 7. The summed E-state index contributed by atoms with van der Waals surface area (Å²) in [5.74, 6) is 0.130. The molecule has 4 aromatic carbocycles. The Hall–Kier alpha value is -3.90. The standard InChI is InChI=1S/C43H46/c1-8-9-16-30-21-22-35(27-30)43(31-17-12-10-13-18-31,32-19-14-11-15-20-32)40-38-28-33(41(2,3)4)23-25-36(38)37-26-24-34(29-39(37)40)42(5,6)7/h8,10-15,17-21,23-29,40H,1,9,16,22H2,2-7H3. The smallest absolute Gasteiger partial charge is 0.0526 e. The fourth-order valence-corrected chi connectivity index (χ4v) is 7.42. The average Bonchev–Trinajstić information content (AvgIpc) is 3.60. The Morgan fingerprint density at radius 1 is 0.651 bits per heavy atom. The van der Waals surface area contributed by atoms with E-state index in [2.05, 4.69) is 157 Å². The van der Waals surface area contributed by atoms with Crippen molar-refractivity contribution in [3.8, 4) is 11.1 Å². The summed E-state index contributed by atoms with van der Waals surface area (Å²) in [5, 5.41) is 0. The summed E-state index contributed by atoms with van der Waals surface area (Å²) in [6.07, 6.45) is 10.0. The number of benzene rings is 4. The number of hydrogen-bond acceptors (Lipinski definition) is 0. The van der Waals surface area contributed by atoms with Crippen molar-refractivity contribution in [3.05, 3.63) is 166 Å². The van der Waals surface area contributed by atoms with E-state index in [1.165, 1.54) is 55.7 Å². The molecule has 0 aromatic heterocycles. The molecule has 0 heterocycles. The van der Waals surface area contributed by atoms with Gasteiger partial charge in [0.15, 0.2) is 0 Å². The van der Waals surface area contributed by atoms with Crippen LogP contribution in [0.2, 0.25) is 0 Å². The van der Waals surface area contributed by atoms with Gasteiger partial charge in [-0.05, 0) is 74.6 Å². The van der Waals surface area contributed by atoms with Crippen LogP contribution in [0.15, 0.2) is 133 Å². The fraction of sp³-hybridized carbons (Fsp3) is 0.302. The van der Waals surface area contributed by atoms with E-state index in [4.69, 9.17) is 0 Å². The zero-order valence-electron chi connectivity index (χ0n) is 26.9. The predicted octanol–water partition coefficient (Wildman–Crippen LogP) is 11.6. The maximum absolute atomic E-state index is 4.01. The molecule has 0 fully saturated rings. The van der Waals surface area contributed by atoms with Gasteiger partial charge in [0.1, 0.15) is 0 Å².